The van der Waals surface area contributed by atoms with E-state index < -0.39 is 0 Å². The van der Waals surface area contributed by atoms with E-state index in [1.54, 1.807) is 0 Å². The summed E-state index contributed by atoms with van der Waals surface area (Å²) >= 11 is 3.04. The summed E-state index contributed by atoms with van der Waals surface area (Å²) in [4.78, 5) is 24.5. The van der Waals surface area contributed by atoms with Gasteiger partial charge >= 0.3 is 0 Å². The molecule has 4 heteroatoms. The second-order valence-electron chi connectivity index (χ2n) is 8.98. The van der Waals surface area contributed by atoms with Crippen LogP contribution in [0, 0.1) is 5.41 Å². The zero-order valence-corrected chi connectivity index (χ0v) is 21.5. The van der Waals surface area contributed by atoms with Gasteiger partial charge < -0.3 is 0 Å². The zero-order valence-electron chi connectivity index (χ0n) is 19.9. The van der Waals surface area contributed by atoms with Crippen molar-refractivity contribution < 1.29 is 9.59 Å². The van der Waals surface area contributed by atoms with E-state index in [1.807, 2.05) is 0 Å². The molecule has 0 fully saturated rings. The molecule has 0 atom stereocenters. The van der Waals surface area contributed by atoms with Crippen molar-refractivity contribution in [1.82, 2.24) is 0 Å². The van der Waals surface area contributed by atoms with E-state index in [0.29, 0.717) is 16.7 Å². The molecule has 172 valence electrons. The van der Waals surface area contributed by atoms with Gasteiger partial charge in [-0.05, 0) is 25.7 Å². The van der Waals surface area contributed by atoms with E-state index in [9.17, 15) is 9.59 Å². The monoisotopic (exact) mass is 444 g/mol. The number of thioether (sulfide) groups is 2. The van der Waals surface area contributed by atoms with E-state index in [1.165, 1.54) is 87.7 Å². The van der Waals surface area contributed by atoms with Crippen LogP contribution in [0.25, 0.3) is 0 Å². The smallest absolute Gasteiger partial charge is 0.194 e. The number of hydrogen-bond acceptors (Lipinski definition) is 4. The van der Waals surface area contributed by atoms with Crippen molar-refractivity contribution in [3.8, 4) is 0 Å². The lowest BCUT2D eigenvalue weighted by Gasteiger charge is -2.22. The minimum Gasteiger partial charge on any atom is -0.287 e. The van der Waals surface area contributed by atoms with Crippen molar-refractivity contribution in [2.45, 2.75) is 130 Å². The summed E-state index contributed by atoms with van der Waals surface area (Å²) in [7, 11) is 0. The van der Waals surface area contributed by atoms with Crippen molar-refractivity contribution in [2.24, 2.45) is 5.41 Å². The average molecular weight is 445 g/mol. The maximum atomic E-state index is 12.5. The lowest BCUT2D eigenvalue weighted by atomic mass is 9.88. The summed E-state index contributed by atoms with van der Waals surface area (Å²) in [6.45, 7) is 8.61. The fourth-order valence-electron chi connectivity index (χ4n) is 3.32. The first-order chi connectivity index (χ1) is 13.9. The third-order valence-corrected chi connectivity index (χ3v) is 7.80. The Morgan fingerprint density at radius 3 is 1.66 bits per heavy atom. The predicted octanol–water partition coefficient (Wildman–Crippen LogP) is 8.81. The highest BCUT2D eigenvalue weighted by Gasteiger charge is 2.27. The van der Waals surface area contributed by atoms with Crippen LogP contribution in [-0.4, -0.2) is 21.7 Å². The second kappa shape index (κ2) is 20.0. The fraction of sp³-hybridized carbons (Fsp3) is 0.920. The Kier molecular flexibility index (Phi) is 20.0. The number of unbranched alkanes of at least 4 members (excludes halogenated alkanes) is 11. The van der Waals surface area contributed by atoms with Crippen LogP contribution in [0.2, 0.25) is 0 Å². The molecule has 0 bridgehead atoms. The van der Waals surface area contributed by atoms with E-state index in [4.69, 9.17) is 0 Å². The quantitative estimate of drug-likeness (QED) is 0.176. The Morgan fingerprint density at radius 1 is 0.621 bits per heavy atom. The SMILES string of the molecule is CCCCCCCCSC(=O)CCCCC(C)(C)C(=O)SCCCCCCCC. The van der Waals surface area contributed by atoms with Crippen LogP contribution in [0.15, 0.2) is 0 Å². The topological polar surface area (TPSA) is 34.1 Å². The van der Waals surface area contributed by atoms with Crippen LogP contribution in [-0.2, 0) is 9.59 Å². The summed E-state index contributed by atoms with van der Waals surface area (Å²) in [5.41, 5.74) is -0.262. The predicted molar refractivity (Wildman–Crippen MR) is 134 cm³/mol. The summed E-state index contributed by atoms with van der Waals surface area (Å²) in [6, 6.07) is 0. The zero-order chi connectivity index (χ0) is 21.8. The van der Waals surface area contributed by atoms with Gasteiger partial charge in [0.1, 0.15) is 0 Å². The van der Waals surface area contributed by atoms with Crippen LogP contribution < -0.4 is 0 Å². The normalized spacial score (nSPS) is 11.7. The first-order valence-corrected chi connectivity index (χ1v) is 14.2. The molecule has 0 N–H and O–H groups in total. The molecular weight excluding hydrogens is 396 g/mol. The Balaban J connectivity index is 3.66. The van der Waals surface area contributed by atoms with Gasteiger partial charge in [0, 0.05) is 23.3 Å². The van der Waals surface area contributed by atoms with Crippen LogP contribution in [0.1, 0.15) is 130 Å². The molecule has 0 aliphatic carbocycles. The molecule has 0 spiro atoms. The average Bonchev–Trinajstić information content (AvgIpc) is 2.69. The highest BCUT2D eigenvalue weighted by Crippen LogP contribution is 2.31. The third-order valence-electron chi connectivity index (χ3n) is 5.48. The van der Waals surface area contributed by atoms with Gasteiger partial charge in [-0.2, -0.15) is 0 Å². The largest absolute Gasteiger partial charge is 0.287 e. The highest BCUT2D eigenvalue weighted by molar-refractivity contribution is 8.13. The number of rotatable bonds is 20. The molecular formula is C25H48O2S2. The Hall–Kier alpha value is 0.0400. The summed E-state index contributed by atoms with van der Waals surface area (Å²) < 4.78 is 0. The molecule has 0 aliphatic heterocycles. The van der Waals surface area contributed by atoms with E-state index >= 15 is 0 Å². The maximum absolute atomic E-state index is 12.5. The Labute approximate surface area is 190 Å². The summed E-state index contributed by atoms with van der Waals surface area (Å²) in [5.74, 6) is 1.94. The molecule has 0 amide bonds. The molecule has 0 heterocycles. The van der Waals surface area contributed by atoms with Gasteiger partial charge in [0.15, 0.2) is 10.2 Å². The Bertz CT molecular complexity index is 408. The first-order valence-electron chi connectivity index (χ1n) is 12.3. The lowest BCUT2D eigenvalue weighted by Crippen LogP contribution is -2.21. The van der Waals surface area contributed by atoms with E-state index in [-0.39, 0.29) is 5.41 Å². The van der Waals surface area contributed by atoms with Crippen molar-refractivity contribution in [3.05, 3.63) is 0 Å². The van der Waals surface area contributed by atoms with Crippen LogP contribution in [0.5, 0.6) is 0 Å². The molecule has 0 unspecified atom stereocenters. The van der Waals surface area contributed by atoms with Crippen molar-refractivity contribution in [3.63, 3.8) is 0 Å². The van der Waals surface area contributed by atoms with Gasteiger partial charge in [0.2, 0.25) is 0 Å². The van der Waals surface area contributed by atoms with Crippen LogP contribution >= 0.6 is 23.5 Å². The molecule has 0 aromatic rings. The van der Waals surface area contributed by atoms with Crippen LogP contribution in [0.4, 0.5) is 0 Å². The molecule has 0 saturated heterocycles. The molecule has 29 heavy (non-hydrogen) atoms. The van der Waals surface area contributed by atoms with Crippen molar-refractivity contribution >= 4 is 33.8 Å². The van der Waals surface area contributed by atoms with Gasteiger partial charge in [0.05, 0.1) is 0 Å². The molecule has 0 aromatic heterocycles. The standard InChI is InChI=1S/C25H48O2S2/c1-5-7-9-11-13-17-21-28-23(26)19-15-16-20-25(3,4)24(27)29-22-18-14-12-10-8-6-2/h5-22H2,1-4H3. The van der Waals surface area contributed by atoms with Gasteiger partial charge in [0.25, 0.3) is 0 Å². The third kappa shape index (κ3) is 18.5. The van der Waals surface area contributed by atoms with Gasteiger partial charge in [-0.3, -0.25) is 9.59 Å². The lowest BCUT2D eigenvalue weighted by molar-refractivity contribution is -0.118. The Morgan fingerprint density at radius 2 is 1.10 bits per heavy atom. The molecule has 0 rings (SSSR count). The van der Waals surface area contributed by atoms with Crippen molar-refractivity contribution in [1.29, 1.82) is 0 Å². The highest BCUT2D eigenvalue weighted by atomic mass is 32.2. The fourth-order valence-corrected chi connectivity index (χ4v) is 5.21. The van der Waals surface area contributed by atoms with Gasteiger partial charge in [-0.15, -0.1) is 0 Å². The molecule has 2 nitrogen and oxygen atoms in total. The number of hydrogen-bond donors (Lipinski definition) is 0. The molecule has 0 aromatic carbocycles. The minimum atomic E-state index is -0.262. The summed E-state index contributed by atoms with van der Waals surface area (Å²) in [6.07, 6.45) is 18.8. The second-order valence-corrected chi connectivity index (χ2v) is 11.2. The van der Waals surface area contributed by atoms with E-state index in [2.05, 4.69) is 27.7 Å². The van der Waals surface area contributed by atoms with Crippen LogP contribution in [0.3, 0.4) is 0 Å². The minimum absolute atomic E-state index is 0.262. The van der Waals surface area contributed by atoms with Crippen molar-refractivity contribution in [2.75, 3.05) is 11.5 Å². The van der Waals surface area contributed by atoms with E-state index in [0.717, 1.165) is 43.6 Å². The molecule has 0 saturated carbocycles. The van der Waals surface area contributed by atoms with Gasteiger partial charge in [-0.1, -0.05) is 122 Å². The summed E-state index contributed by atoms with van der Waals surface area (Å²) in [5, 5.41) is 0.662. The first kappa shape index (κ1) is 29.0. The number of carbonyl (C=O) groups excluding carboxylic acids is 2. The molecule has 0 radical (unpaired) electrons. The maximum Gasteiger partial charge on any atom is 0.194 e. The number of carbonyl (C=O) groups is 2. The molecule has 0 aliphatic rings. The van der Waals surface area contributed by atoms with Gasteiger partial charge in [-0.25, -0.2) is 0 Å².